The van der Waals surface area contributed by atoms with Crippen LogP contribution in [0.5, 0.6) is 0 Å². The van der Waals surface area contributed by atoms with E-state index in [-0.39, 0.29) is 11.3 Å². The third kappa shape index (κ3) is 6.63. The third-order valence-corrected chi connectivity index (χ3v) is 5.70. The zero-order chi connectivity index (χ0) is 18.1. The van der Waals surface area contributed by atoms with E-state index in [1.54, 1.807) is 0 Å². The number of carbonyl (C=O) groups excluding carboxylic acids is 1. The summed E-state index contributed by atoms with van der Waals surface area (Å²) in [5.41, 5.74) is 0. The molecule has 2 rings (SSSR count). The van der Waals surface area contributed by atoms with Crippen molar-refractivity contribution in [1.29, 1.82) is 0 Å². The number of alkyl halides is 1. The number of hydrogen-bond donors (Lipinski definition) is 0. The number of halogens is 1. The lowest BCUT2D eigenvalue weighted by molar-refractivity contribution is -0.140. The highest BCUT2D eigenvalue weighted by Crippen LogP contribution is 2.50. The smallest absolute Gasteiger partial charge is 0.305 e. The van der Waals surface area contributed by atoms with E-state index < -0.39 is 0 Å². The predicted molar refractivity (Wildman–Crippen MR) is 103 cm³/mol. The van der Waals surface area contributed by atoms with Gasteiger partial charge in [0.1, 0.15) is 0 Å². The number of esters is 1. The van der Waals surface area contributed by atoms with Gasteiger partial charge in [0.25, 0.3) is 0 Å². The van der Waals surface area contributed by atoms with Crippen molar-refractivity contribution in [1.82, 2.24) is 0 Å². The third-order valence-electron chi connectivity index (χ3n) is 5.07. The lowest BCUT2D eigenvalue weighted by atomic mass is 9.90. The molecule has 3 nitrogen and oxygen atoms in total. The summed E-state index contributed by atoms with van der Waals surface area (Å²) in [6, 6.07) is 0. The number of methoxy groups -OCH3 is 1. The Balaban J connectivity index is 1.58. The van der Waals surface area contributed by atoms with Gasteiger partial charge in [-0.05, 0) is 44.4 Å². The maximum atomic E-state index is 11.0. The summed E-state index contributed by atoms with van der Waals surface area (Å²) < 4.78 is 10.3. The number of allylic oxidation sites excluding steroid dienone is 5. The topological polar surface area (TPSA) is 38.8 Å². The van der Waals surface area contributed by atoms with Crippen LogP contribution in [0.2, 0.25) is 0 Å². The molecule has 1 aliphatic heterocycles. The first-order valence-electron chi connectivity index (χ1n) is 9.50. The lowest BCUT2D eigenvalue weighted by Crippen LogP contribution is -2.22. The number of unbranched alkanes of at least 4 members (excludes halogenated alkanes) is 1. The van der Waals surface area contributed by atoms with Gasteiger partial charge in [-0.1, -0.05) is 43.4 Å². The summed E-state index contributed by atoms with van der Waals surface area (Å²) in [6.07, 6.45) is 20.4. The van der Waals surface area contributed by atoms with Crippen molar-refractivity contribution in [3.05, 3.63) is 36.5 Å². The molecular formula is C21H31ClO3. The zero-order valence-electron chi connectivity index (χ0n) is 15.4. The summed E-state index contributed by atoms with van der Waals surface area (Å²) in [4.78, 5) is 11.0. The van der Waals surface area contributed by atoms with Crippen LogP contribution < -0.4 is 0 Å². The fraction of sp³-hybridized carbons (Fsp3) is 0.667. The highest BCUT2D eigenvalue weighted by atomic mass is 35.5. The van der Waals surface area contributed by atoms with Crippen molar-refractivity contribution >= 4 is 17.6 Å². The van der Waals surface area contributed by atoms with Gasteiger partial charge in [0, 0.05) is 17.7 Å². The number of rotatable bonds is 11. The van der Waals surface area contributed by atoms with Gasteiger partial charge < -0.3 is 9.47 Å². The van der Waals surface area contributed by atoms with Crippen LogP contribution in [0.25, 0.3) is 0 Å². The Hall–Kier alpha value is -1.06. The zero-order valence-corrected chi connectivity index (χ0v) is 16.2. The van der Waals surface area contributed by atoms with Crippen LogP contribution in [0.3, 0.4) is 0 Å². The molecule has 5 atom stereocenters. The SMILES string of the molecule is CCC(Cl)C1CC2OC2C1C=CCC=CCC=CCCCC(=O)OC. The average Bonchev–Trinajstić information content (AvgIpc) is 3.31. The molecule has 1 aliphatic carbocycles. The van der Waals surface area contributed by atoms with E-state index in [0.717, 1.165) is 38.5 Å². The largest absolute Gasteiger partial charge is 0.469 e. The van der Waals surface area contributed by atoms with Crippen molar-refractivity contribution in [3.8, 4) is 0 Å². The van der Waals surface area contributed by atoms with Gasteiger partial charge in [-0.25, -0.2) is 0 Å². The molecule has 1 saturated heterocycles. The van der Waals surface area contributed by atoms with Crippen molar-refractivity contribution in [2.24, 2.45) is 11.8 Å². The first kappa shape index (κ1) is 20.3. The molecule has 0 spiro atoms. The maximum Gasteiger partial charge on any atom is 0.305 e. The molecule has 2 aliphatic rings. The second kappa shape index (κ2) is 10.8. The van der Waals surface area contributed by atoms with Crippen LogP contribution in [-0.4, -0.2) is 30.7 Å². The molecule has 1 heterocycles. The Morgan fingerprint density at radius 2 is 1.96 bits per heavy atom. The van der Waals surface area contributed by atoms with Gasteiger partial charge in [0.05, 0.1) is 19.3 Å². The molecule has 25 heavy (non-hydrogen) atoms. The molecular weight excluding hydrogens is 336 g/mol. The minimum Gasteiger partial charge on any atom is -0.469 e. The molecule has 0 amide bonds. The van der Waals surface area contributed by atoms with Gasteiger partial charge in [-0.3, -0.25) is 4.79 Å². The molecule has 140 valence electrons. The monoisotopic (exact) mass is 366 g/mol. The van der Waals surface area contributed by atoms with Crippen molar-refractivity contribution in [2.75, 3.05) is 7.11 Å². The molecule has 0 aromatic carbocycles. The van der Waals surface area contributed by atoms with Gasteiger partial charge in [0.15, 0.2) is 0 Å². The Morgan fingerprint density at radius 1 is 1.24 bits per heavy atom. The predicted octanol–water partition coefficient (Wildman–Crippen LogP) is 5.20. The molecule has 1 saturated carbocycles. The number of epoxide rings is 1. The fourth-order valence-corrected chi connectivity index (χ4v) is 3.83. The minimum atomic E-state index is -0.132. The van der Waals surface area contributed by atoms with Crippen LogP contribution in [0.15, 0.2) is 36.5 Å². The van der Waals surface area contributed by atoms with E-state index in [2.05, 4.69) is 48.1 Å². The van der Waals surface area contributed by atoms with Gasteiger partial charge in [0.2, 0.25) is 0 Å². The van der Waals surface area contributed by atoms with Crippen molar-refractivity contribution in [3.63, 3.8) is 0 Å². The number of carbonyl (C=O) groups is 1. The van der Waals surface area contributed by atoms with E-state index in [9.17, 15) is 4.79 Å². The van der Waals surface area contributed by atoms with Crippen LogP contribution in [0.4, 0.5) is 0 Å². The Kier molecular flexibility index (Phi) is 8.77. The summed E-state index contributed by atoms with van der Waals surface area (Å²) in [5, 5.41) is 0.269. The maximum absolute atomic E-state index is 11.0. The lowest BCUT2D eigenvalue weighted by Gasteiger charge is -2.23. The first-order valence-corrected chi connectivity index (χ1v) is 9.94. The molecule has 0 aromatic rings. The summed E-state index contributed by atoms with van der Waals surface area (Å²) in [6.45, 7) is 2.16. The minimum absolute atomic E-state index is 0.132. The van der Waals surface area contributed by atoms with Crippen molar-refractivity contribution in [2.45, 2.75) is 69.5 Å². The first-order chi connectivity index (χ1) is 12.2. The molecule has 4 heteroatoms. The molecule has 0 radical (unpaired) electrons. The summed E-state index contributed by atoms with van der Waals surface area (Å²) >= 11 is 6.47. The molecule has 0 N–H and O–H groups in total. The van der Waals surface area contributed by atoms with Gasteiger partial charge >= 0.3 is 5.97 Å². The van der Waals surface area contributed by atoms with E-state index >= 15 is 0 Å². The molecule has 0 bridgehead atoms. The van der Waals surface area contributed by atoms with Crippen molar-refractivity contribution < 1.29 is 14.3 Å². The molecule has 2 fully saturated rings. The summed E-state index contributed by atoms with van der Waals surface area (Å²) in [5.74, 6) is 0.936. The van der Waals surface area contributed by atoms with Crippen LogP contribution in [0, 0.1) is 11.8 Å². The number of ether oxygens (including phenoxy) is 2. The second-order valence-electron chi connectivity index (χ2n) is 6.85. The van der Waals surface area contributed by atoms with Gasteiger partial charge in [-0.2, -0.15) is 0 Å². The van der Waals surface area contributed by atoms with E-state index in [0.29, 0.717) is 30.5 Å². The quantitative estimate of drug-likeness (QED) is 0.166. The Morgan fingerprint density at radius 3 is 2.68 bits per heavy atom. The van der Waals surface area contributed by atoms with E-state index in [4.69, 9.17) is 16.3 Å². The second-order valence-corrected chi connectivity index (χ2v) is 7.41. The fourth-order valence-electron chi connectivity index (χ4n) is 3.56. The van der Waals surface area contributed by atoms with Crippen LogP contribution in [-0.2, 0) is 14.3 Å². The highest BCUT2D eigenvalue weighted by molar-refractivity contribution is 6.20. The van der Waals surface area contributed by atoms with Gasteiger partial charge in [-0.15, -0.1) is 11.6 Å². The molecule has 0 aromatic heterocycles. The summed E-state index contributed by atoms with van der Waals surface area (Å²) in [7, 11) is 1.43. The standard InChI is InChI=1S/C21H31ClO3/c1-3-18(22)17-15-19-21(25-19)16(17)13-11-9-7-5-4-6-8-10-12-14-20(23)24-2/h5-8,11,13,16-19,21H,3-4,9-10,12,14-15H2,1-2H3. The number of fused-ring (bicyclic) bond motifs is 1. The van der Waals surface area contributed by atoms with Crippen LogP contribution >= 0.6 is 11.6 Å². The van der Waals surface area contributed by atoms with E-state index in [1.165, 1.54) is 7.11 Å². The number of hydrogen-bond acceptors (Lipinski definition) is 3. The Labute approximate surface area is 157 Å². The Bertz CT molecular complexity index is 497. The van der Waals surface area contributed by atoms with Crippen LogP contribution in [0.1, 0.15) is 51.9 Å². The molecule has 5 unspecified atom stereocenters. The van der Waals surface area contributed by atoms with E-state index in [1.807, 2.05) is 0 Å². The normalized spacial score (nSPS) is 29.6. The highest BCUT2D eigenvalue weighted by Gasteiger charge is 2.55. The average molecular weight is 367 g/mol.